The first kappa shape index (κ1) is 12.5. The highest BCUT2D eigenvalue weighted by molar-refractivity contribution is 7.14. The molecule has 4 heteroatoms. The van der Waals surface area contributed by atoms with Crippen molar-refractivity contribution in [2.45, 2.75) is 44.6 Å². The van der Waals surface area contributed by atoms with Crippen LogP contribution >= 0.6 is 22.9 Å². The van der Waals surface area contributed by atoms with Gasteiger partial charge in [-0.3, -0.25) is 4.79 Å². The first-order valence-corrected chi connectivity index (χ1v) is 8.13. The molecule has 1 aliphatic carbocycles. The van der Waals surface area contributed by atoms with E-state index in [0.29, 0.717) is 5.88 Å². The van der Waals surface area contributed by atoms with E-state index >= 15 is 0 Å². The molecule has 0 bridgehead atoms. The van der Waals surface area contributed by atoms with Crippen molar-refractivity contribution in [1.29, 1.82) is 0 Å². The molecule has 0 radical (unpaired) electrons. The third kappa shape index (κ3) is 2.19. The molecule has 18 heavy (non-hydrogen) atoms. The minimum atomic E-state index is 0.208. The molecule has 0 aromatic carbocycles. The van der Waals surface area contributed by atoms with E-state index in [4.69, 9.17) is 11.6 Å². The van der Waals surface area contributed by atoms with Gasteiger partial charge in [-0.25, -0.2) is 0 Å². The number of carbonyl (C=O) groups is 1. The number of alkyl halides is 1. The Hall–Kier alpha value is -0.540. The van der Waals surface area contributed by atoms with Crippen LogP contribution in [0, 0.1) is 0 Å². The summed E-state index contributed by atoms with van der Waals surface area (Å²) in [5.41, 5.74) is 1.41. The average Bonchev–Trinajstić information content (AvgIpc) is 2.98. The maximum absolute atomic E-state index is 12.6. The van der Waals surface area contributed by atoms with Crippen LogP contribution < -0.4 is 0 Å². The Morgan fingerprint density at radius 2 is 2.28 bits per heavy atom. The highest BCUT2D eigenvalue weighted by Crippen LogP contribution is 2.32. The lowest BCUT2D eigenvalue weighted by atomic mass is 10.0. The molecule has 1 atom stereocenters. The van der Waals surface area contributed by atoms with Gasteiger partial charge in [0, 0.05) is 23.3 Å². The van der Waals surface area contributed by atoms with Crippen molar-refractivity contribution in [2.75, 3.05) is 12.4 Å². The van der Waals surface area contributed by atoms with E-state index in [2.05, 4.69) is 6.07 Å². The van der Waals surface area contributed by atoms with Crippen LogP contribution in [0.3, 0.4) is 0 Å². The molecule has 0 saturated carbocycles. The van der Waals surface area contributed by atoms with Gasteiger partial charge in [-0.1, -0.05) is 0 Å². The van der Waals surface area contributed by atoms with Gasteiger partial charge in [-0.2, -0.15) is 0 Å². The lowest BCUT2D eigenvalue weighted by Gasteiger charge is -2.34. The van der Waals surface area contributed by atoms with Crippen molar-refractivity contribution < 1.29 is 4.79 Å². The van der Waals surface area contributed by atoms with Crippen LogP contribution in [0.2, 0.25) is 0 Å². The van der Waals surface area contributed by atoms with Crippen LogP contribution in [-0.4, -0.2) is 29.3 Å². The predicted molar refractivity (Wildman–Crippen MR) is 75.7 cm³/mol. The zero-order valence-electron chi connectivity index (χ0n) is 10.5. The maximum Gasteiger partial charge on any atom is 0.264 e. The van der Waals surface area contributed by atoms with E-state index in [9.17, 15) is 4.79 Å². The summed E-state index contributed by atoms with van der Waals surface area (Å²) in [5.74, 6) is 0.774. The minimum absolute atomic E-state index is 0.208. The summed E-state index contributed by atoms with van der Waals surface area (Å²) in [6.45, 7) is 0.874. The number of fused-ring (bicyclic) bond motifs is 1. The molecule has 3 rings (SSSR count). The number of hydrogen-bond acceptors (Lipinski definition) is 2. The van der Waals surface area contributed by atoms with Crippen LogP contribution in [0.4, 0.5) is 0 Å². The van der Waals surface area contributed by atoms with Crippen molar-refractivity contribution in [2.24, 2.45) is 0 Å². The van der Waals surface area contributed by atoms with Crippen molar-refractivity contribution in [3.63, 3.8) is 0 Å². The number of hydrogen-bond donors (Lipinski definition) is 0. The van der Waals surface area contributed by atoms with Gasteiger partial charge >= 0.3 is 0 Å². The SMILES string of the molecule is O=C(c1cc2c(s1)CCC2)N1CCCCC1CCl. The van der Waals surface area contributed by atoms with E-state index in [-0.39, 0.29) is 11.9 Å². The Labute approximate surface area is 117 Å². The van der Waals surface area contributed by atoms with Gasteiger partial charge in [0.25, 0.3) is 5.91 Å². The fraction of sp³-hybridized carbons (Fsp3) is 0.643. The van der Waals surface area contributed by atoms with Crippen molar-refractivity contribution in [3.05, 3.63) is 21.4 Å². The minimum Gasteiger partial charge on any atom is -0.334 e. The molecule has 0 N–H and O–H groups in total. The topological polar surface area (TPSA) is 20.3 Å². The molecular weight excluding hydrogens is 266 g/mol. The Kier molecular flexibility index (Phi) is 3.62. The van der Waals surface area contributed by atoms with Gasteiger partial charge in [0.2, 0.25) is 0 Å². The molecule has 98 valence electrons. The summed E-state index contributed by atoms with van der Waals surface area (Å²) in [7, 11) is 0. The molecule has 1 aliphatic heterocycles. The molecule has 2 nitrogen and oxygen atoms in total. The maximum atomic E-state index is 12.6. The lowest BCUT2D eigenvalue weighted by Crippen LogP contribution is -2.44. The van der Waals surface area contributed by atoms with Gasteiger partial charge in [0.1, 0.15) is 0 Å². The average molecular weight is 284 g/mol. The second-order valence-corrected chi connectivity index (χ2v) is 6.66. The number of carbonyl (C=O) groups excluding carboxylic acids is 1. The van der Waals surface area contributed by atoms with Gasteiger partial charge in [-0.15, -0.1) is 22.9 Å². The fourth-order valence-corrected chi connectivity index (χ4v) is 4.53. The van der Waals surface area contributed by atoms with Gasteiger partial charge < -0.3 is 4.90 Å². The van der Waals surface area contributed by atoms with Crippen LogP contribution in [0.1, 0.15) is 45.8 Å². The third-order valence-corrected chi connectivity index (χ3v) is 5.60. The van der Waals surface area contributed by atoms with Gasteiger partial charge in [0.05, 0.1) is 4.88 Å². The number of likely N-dealkylation sites (tertiary alicyclic amines) is 1. The van der Waals surface area contributed by atoms with E-state index in [0.717, 1.165) is 37.1 Å². The zero-order valence-corrected chi connectivity index (χ0v) is 12.0. The largest absolute Gasteiger partial charge is 0.334 e. The van der Waals surface area contributed by atoms with E-state index < -0.39 is 0 Å². The molecule has 0 spiro atoms. The smallest absolute Gasteiger partial charge is 0.264 e. The van der Waals surface area contributed by atoms with Crippen LogP contribution in [-0.2, 0) is 12.8 Å². The predicted octanol–water partition coefficient (Wildman–Crippen LogP) is 3.47. The molecule has 1 unspecified atom stereocenters. The third-order valence-electron chi connectivity index (χ3n) is 4.02. The standard InChI is InChI=1S/C14H18ClNOS/c15-9-11-5-1-2-7-16(11)14(17)13-8-10-4-3-6-12(10)18-13/h8,11H,1-7,9H2. The number of thiophene rings is 1. The molecule has 2 aliphatic rings. The second-order valence-electron chi connectivity index (χ2n) is 5.22. The first-order valence-electron chi connectivity index (χ1n) is 6.78. The lowest BCUT2D eigenvalue weighted by molar-refractivity contribution is 0.0644. The monoisotopic (exact) mass is 283 g/mol. The summed E-state index contributed by atoms with van der Waals surface area (Å²) < 4.78 is 0. The van der Waals surface area contributed by atoms with E-state index in [1.165, 1.54) is 23.3 Å². The fourth-order valence-electron chi connectivity index (χ4n) is 3.00. The number of piperidine rings is 1. The number of rotatable bonds is 2. The Morgan fingerprint density at radius 3 is 3.06 bits per heavy atom. The number of nitrogens with zero attached hydrogens (tertiary/aromatic N) is 1. The Bertz CT molecular complexity index is 435. The molecule has 2 heterocycles. The van der Waals surface area contributed by atoms with E-state index in [1.54, 1.807) is 11.3 Å². The normalized spacial score (nSPS) is 23.2. The molecule has 1 aromatic heterocycles. The Morgan fingerprint density at radius 1 is 1.39 bits per heavy atom. The number of aryl methyl sites for hydroxylation is 2. The highest BCUT2D eigenvalue weighted by Gasteiger charge is 2.28. The van der Waals surface area contributed by atoms with Gasteiger partial charge in [0.15, 0.2) is 0 Å². The molecule has 1 fully saturated rings. The summed E-state index contributed by atoms with van der Waals surface area (Å²) in [6.07, 6.45) is 6.93. The van der Waals surface area contributed by atoms with Crippen LogP contribution in [0.15, 0.2) is 6.07 Å². The number of halogens is 1. The van der Waals surface area contributed by atoms with E-state index in [1.807, 2.05) is 4.90 Å². The van der Waals surface area contributed by atoms with Crippen molar-refractivity contribution in [3.8, 4) is 0 Å². The van der Waals surface area contributed by atoms with Crippen LogP contribution in [0.25, 0.3) is 0 Å². The highest BCUT2D eigenvalue weighted by atomic mass is 35.5. The summed E-state index contributed by atoms with van der Waals surface area (Å²) in [6, 6.07) is 2.36. The van der Waals surface area contributed by atoms with Crippen molar-refractivity contribution >= 4 is 28.8 Å². The van der Waals surface area contributed by atoms with Crippen molar-refractivity contribution in [1.82, 2.24) is 4.90 Å². The molecule has 1 amide bonds. The van der Waals surface area contributed by atoms with Crippen LogP contribution in [0.5, 0.6) is 0 Å². The molecular formula is C14H18ClNOS. The number of amides is 1. The quantitative estimate of drug-likeness (QED) is 0.761. The summed E-state index contributed by atoms with van der Waals surface area (Å²) in [5, 5.41) is 0. The first-order chi connectivity index (χ1) is 8.79. The summed E-state index contributed by atoms with van der Waals surface area (Å²) >= 11 is 7.69. The Balaban J connectivity index is 1.80. The molecule has 1 saturated heterocycles. The molecule has 1 aromatic rings. The summed E-state index contributed by atoms with van der Waals surface area (Å²) in [4.78, 5) is 16.9. The zero-order chi connectivity index (χ0) is 12.5. The van der Waals surface area contributed by atoms with Gasteiger partial charge in [-0.05, 0) is 50.2 Å². The second kappa shape index (κ2) is 5.22.